The fraction of sp³-hybridized carbons (Fsp3) is 0.500. The van der Waals surface area contributed by atoms with E-state index in [0.29, 0.717) is 26.2 Å². The highest BCUT2D eigenvalue weighted by molar-refractivity contribution is 7.12. The minimum absolute atomic E-state index is 0.00449. The van der Waals surface area contributed by atoms with Gasteiger partial charge >= 0.3 is 0 Å². The van der Waals surface area contributed by atoms with Crippen LogP contribution >= 0.6 is 11.3 Å². The van der Waals surface area contributed by atoms with E-state index >= 15 is 0 Å². The standard InChI is InChI=1S/C26H34N4O3S/c1-19(2)26(32)29(11-10-28-12-14-33-15-13-28)18-25(31)30-23(21-8-6-20(3)7-9-21)17-22(27-30)24-5-4-16-34-24/h4-9,16,19,23H,10-15,17-18H2,1-3H3. The van der Waals surface area contributed by atoms with E-state index in [0.717, 1.165) is 35.8 Å². The molecule has 7 nitrogen and oxygen atoms in total. The Balaban J connectivity index is 1.52. The maximum atomic E-state index is 13.6. The number of carbonyl (C=O) groups is 2. The van der Waals surface area contributed by atoms with E-state index in [-0.39, 0.29) is 30.3 Å². The molecule has 0 spiro atoms. The second-order valence-electron chi connectivity index (χ2n) is 9.26. The molecular weight excluding hydrogens is 448 g/mol. The number of carbonyl (C=O) groups excluding carboxylic acids is 2. The number of hydrazone groups is 1. The molecule has 34 heavy (non-hydrogen) atoms. The molecule has 2 aliphatic rings. The molecule has 2 amide bonds. The minimum Gasteiger partial charge on any atom is -0.379 e. The van der Waals surface area contributed by atoms with Gasteiger partial charge < -0.3 is 9.64 Å². The molecule has 8 heteroatoms. The van der Waals surface area contributed by atoms with Gasteiger partial charge in [-0.2, -0.15) is 5.10 Å². The second kappa shape index (κ2) is 11.3. The van der Waals surface area contributed by atoms with Crippen LogP contribution in [0.4, 0.5) is 0 Å². The van der Waals surface area contributed by atoms with Crippen LogP contribution in [0.3, 0.4) is 0 Å². The summed E-state index contributed by atoms with van der Waals surface area (Å²) in [5.41, 5.74) is 3.16. The van der Waals surface area contributed by atoms with Crippen LogP contribution < -0.4 is 0 Å². The molecular formula is C26H34N4O3S. The molecule has 1 aromatic heterocycles. The average Bonchev–Trinajstić information content (AvgIpc) is 3.52. The lowest BCUT2D eigenvalue weighted by atomic mass is 10.00. The zero-order valence-electron chi connectivity index (χ0n) is 20.3. The molecule has 1 unspecified atom stereocenters. The number of hydrogen-bond donors (Lipinski definition) is 0. The first-order valence-corrected chi connectivity index (χ1v) is 12.9. The van der Waals surface area contributed by atoms with Crippen molar-refractivity contribution in [1.82, 2.24) is 14.8 Å². The van der Waals surface area contributed by atoms with Gasteiger partial charge in [0.2, 0.25) is 5.91 Å². The molecule has 0 N–H and O–H groups in total. The Kier molecular flexibility index (Phi) is 8.13. The van der Waals surface area contributed by atoms with E-state index in [1.165, 1.54) is 5.56 Å². The third-order valence-electron chi connectivity index (χ3n) is 6.36. The SMILES string of the molecule is Cc1ccc(C2CC(c3cccs3)=NN2C(=O)CN(CCN2CCOCC2)C(=O)C(C)C)cc1. The topological polar surface area (TPSA) is 65.5 Å². The van der Waals surface area contributed by atoms with Gasteiger partial charge in [-0.3, -0.25) is 14.5 Å². The van der Waals surface area contributed by atoms with Crippen molar-refractivity contribution >= 4 is 28.9 Å². The van der Waals surface area contributed by atoms with Crippen molar-refractivity contribution in [3.05, 3.63) is 57.8 Å². The summed E-state index contributed by atoms with van der Waals surface area (Å²) < 4.78 is 5.43. The van der Waals surface area contributed by atoms with Crippen LogP contribution in [0, 0.1) is 12.8 Å². The number of aryl methyl sites for hydroxylation is 1. The summed E-state index contributed by atoms with van der Waals surface area (Å²) in [6, 6.07) is 12.2. The Morgan fingerprint density at radius 3 is 2.56 bits per heavy atom. The van der Waals surface area contributed by atoms with Crippen molar-refractivity contribution in [1.29, 1.82) is 0 Å². The Bertz CT molecular complexity index is 998. The number of thiophene rings is 1. The summed E-state index contributed by atoms with van der Waals surface area (Å²) in [5, 5.41) is 8.40. The molecule has 1 aromatic carbocycles. The third kappa shape index (κ3) is 5.92. The van der Waals surface area contributed by atoms with Crippen LogP contribution in [0.25, 0.3) is 0 Å². The van der Waals surface area contributed by atoms with Crippen LogP contribution in [0.1, 0.15) is 42.3 Å². The summed E-state index contributed by atoms with van der Waals surface area (Å²) >= 11 is 1.63. The fourth-order valence-corrected chi connectivity index (χ4v) is 5.06. The number of nitrogens with zero attached hydrogens (tertiary/aromatic N) is 4. The largest absolute Gasteiger partial charge is 0.379 e. The molecule has 0 saturated carbocycles. The van der Waals surface area contributed by atoms with Gasteiger partial charge in [0.05, 0.1) is 29.8 Å². The van der Waals surface area contributed by atoms with Crippen LogP contribution in [0.2, 0.25) is 0 Å². The van der Waals surface area contributed by atoms with Gasteiger partial charge in [-0.1, -0.05) is 49.7 Å². The van der Waals surface area contributed by atoms with E-state index in [4.69, 9.17) is 9.84 Å². The Morgan fingerprint density at radius 2 is 1.91 bits per heavy atom. The van der Waals surface area contributed by atoms with E-state index in [1.807, 2.05) is 31.4 Å². The molecule has 182 valence electrons. The van der Waals surface area contributed by atoms with Crippen molar-refractivity contribution < 1.29 is 14.3 Å². The predicted molar refractivity (Wildman–Crippen MR) is 135 cm³/mol. The quantitative estimate of drug-likeness (QED) is 0.577. The fourth-order valence-electron chi connectivity index (χ4n) is 4.33. The normalized spacial score (nSPS) is 18.9. The molecule has 1 atom stereocenters. The van der Waals surface area contributed by atoms with Crippen LogP contribution in [0.5, 0.6) is 0 Å². The third-order valence-corrected chi connectivity index (χ3v) is 7.27. The Labute approximate surface area is 206 Å². The first-order valence-electron chi connectivity index (χ1n) is 12.0. The number of amides is 2. The second-order valence-corrected chi connectivity index (χ2v) is 10.2. The van der Waals surface area contributed by atoms with Gasteiger partial charge in [0.15, 0.2) is 0 Å². The maximum absolute atomic E-state index is 13.6. The monoisotopic (exact) mass is 482 g/mol. The van der Waals surface area contributed by atoms with Gasteiger partial charge in [-0.25, -0.2) is 5.01 Å². The highest BCUT2D eigenvalue weighted by Crippen LogP contribution is 2.34. The lowest BCUT2D eigenvalue weighted by molar-refractivity contribution is -0.143. The van der Waals surface area contributed by atoms with Crippen LogP contribution in [-0.2, 0) is 14.3 Å². The van der Waals surface area contributed by atoms with Crippen molar-refractivity contribution in [3.63, 3.8) is 0 Å². The van der Waals surface area contributed by atoms with E-state index in [1.54, 1.807) is 21.2 Å². The summed E-state index contributed by atoms with van der Waals surface area (Å²) in [6.45, 7) is 10.2. The maximum Gasteiger partial charge on any atom is 0.262 e. The number of ether oxygens (including phenoxy) is 1. The first-order chi connectivity index (χ1) is 16.4. The molecule has 0 bridgehead atoms. The average molecular weight is 483 g/mol. The number of benzene rings is 1. The molecule has 0 aliphatic carbocycles. The number of morpholine rings is 1. The van der Waals surface area contributed by atoms with Crippen LogP contribution in [0.15, 0.2) is 46.9 Å². The van der Waals surface area contributed by atoms with E-state index in [9.17, 15) is 9.59 Å². The summed E-state index contributed by atoms with van der Waals surface area (Å²) in [5.74, 6) is -0.322. The number of hydrogen-bond acceptors (Lipinski definition) is 6. The van der Waals surface area contributed by atoms with Gasteiger partial charge in [0.1, 0.15) is 6.54 Å². The summed E-state index contributed by atoms with van der Waals surface area (Å²) in [7, 11) is 0. The molecule has 1 saturated heterocycles. The highest BCUT2D eigenvalue weighted by Gasteiger charge is 2.35. The van der Waals surface area contributed by atoms with Gasteiger partial charge in [-0.05, 0) is 23.9 Å². The smallest absolute Gasteiger partial charge is 0.262 e. The van der Waals surface area contributed by atoms with E-state index in [2.05, 4.69) is 36.1 Å². The lowest BCUT2D eigenvalue weighted by Gasteiger charge is -2.31. The molecule has 2 aliphatic heterocycles. The highest BCUT2D eigenvalue weighted by atomic mass is 32.1. The van der Waals surface area contributed by atoms with Gasteiger partial charge in [0.25, 0.3) is 5.91 Å². The van der Waals surface area contributed by atoms with Crippen molar-refractivity contribution in [3.8, 4) is 0 Å². The van der Waals surface area contributed by atoms with E-state index < -0.39 is 0 Å². The summed E-state index contributed by atoms with van der Waals surface area (Å²) in [6.07, 6.45) is 0.668. The zero-order valence-corrected chi connectivity index (χ0v) is 21.1. The predicted octanol–water partition coefficient (Wildman–Crippen LogP) is 3.55. The lowest BCUT2D eigenvalue weighted by Crippen LogP contribution is -2.47. The minimum atomic E-state index is -0.172. The van der Waals surface area contributed by atoms with Gasteiger partial charge in [-0.15, -0.1) is 11.3 Å². The van der Waals surface area contributed by atoms with Crippen molar-refractivity contribution in [2.24, 2.45) is 11.0 Å². The zero-order chi connectivity index (χ0) is 24.1. The summed E-state index contributed by atoms with van der Waals surface area (Å²) in [4.78, 5) is 31.6. The van der Waals surface area contributed by atoms with Crippen molar-refractivity contribution in [2.45, 2.75) is 33.2 Å². The van der Waals surface area contributed by atoms with Gasteiger partial charge in [0, 0.05) is 38.5 Å². The molecule has 4 rings (SSSR count). The first kappa shape index (κ1) is 24.6. The molecule has 2 aromatic rings. The van der Waals surface area contributed by atoms with Crippen LogP contribution in [-0.4, -0.2) is 78.3 Å². The van der Waals surface area contributed by atoms with Crippen molar-refractivity contribution in [2.75, 3.05) is 45.9 Å². The Morgan fingerprint density at radius 1 is 1.18 bits per heavy atom. The molecule has 1 fully saturated rings. The molecule has 3 heterocycles. The molecule has 0 radical (unpaired) electrons. The number of rotatable bonds is 8. The Hall–Kier alpha value is -2.55.